The van der Waals surface area contributed by atoms with Gasteiger partial charge in [-0.05, 0) is 48.3 Å². The van der Waals surface area contributed by atoms with Gasteiger partial charge in [0, 0.05) is 0 Å². The van der Waals surface area contributed by atoms with Crippen molar-refractivity contribution in [2.75, 3.05) is 11.5 Å². The zero-order chi connectivity index (χ0) is 19.1. The molecule has 0 saturated heterocycles. The first kappa shape index (κ1) is 17.6. The van der Waals surface area contributed by atoms with Gasteiger partial charge in [-0.25, -0.2) is 4.99 Å². The molecule has 10 heteroatoms. The number of furan rings is 1. The monoisotopic (exact) mass is 412 g/mol. The first-order valence-corrected chi connectivity index (χ1v) is 10.8. The van der Waals surface area contributed by atoms with Crippen molar-refractivity contribution in [3.05, 3.63) is 28.9 Å². The van der Waals surface area contributed by atoms with E-state index in [9.17, 15) is 4.79 Å². The fourth-order valence-corrected chi connectivity index (χ4v) is 5.55. The number of anilines is 1. The first-order valence-electron chi connectivity index (χ1n) is 8.95. The fraction of sp³-hybridized carbons (Fsp3) is 0.333. The molecule has 0 fully saturated rings. The Balaban J connectivity index is 1.33. The van der Waals surface area contributed by atoms with Crippen molar-refractivity contribution in [3.63, 3.8) is 0 Å². The Morgan fingerprint density at radius 1 is 1.21 bits per heavy atom. The zero-order valence-electron chi connectivity index (χ0n) is 14.8. The molecule has 1 unspecified atom stereocenters. The minimum Gasteiger partial charge on any atom is -0.461 e. The van der Waals surface area contributed by atoms with Crippen molar-refractivity contribution < 1.29 is 9.21 Å². The molecule has 1 amide bonds. The minimum absolute atomic E-state index is 0.105. The highest BCUT2D eigenvalue weighted by molar-refractivity contribution is 8.17. The van der Waals surface area contributed by atoms with Gasteiger partial charge >= 0.3 is 0 Å². The van der Waals surface area contributed by atoms with Gasteiger partial charge < -0.3 is 10.2 Å². The number of nitrogens with two attached hydrogens (primary N) is 1. The Hall–Kier alpha value is -2.46. The summed E-state index contributed by atoms with van der Waals surface area (Å²) in [6.45, 7) is 0. The van der Waals surface area contributed by atoms with E-state index in [2.05, 4.69) is 24.9 Å². The molecular formula is C18H16N6O2S2. The number of aliphatic imine (C=N–C) groups is 2. The fourth-order valence-electron chi connectivity index (χ4n) is 3.49. The van der Waals surface area contributed by atoms with Gasteiger partial charge in [-0.15, -0.1) is 0 Å². The van der Waals surface area contributed by atoms with Gasteiger partial charge in [0.25, 0.3) is 5.91 Å². The van der Waals surface area contributed by atoms with Crippen LogP contribution in [0.15, 0.2) is 48.4 Å². The third-order valence-corrected chi connectivity index (χ3v) is 6.80. The summed E-state index contributed by atoms with van der Waals surface area (Å²) in [6.07, 6.45) is 5.90. The van der Waals surface area contributed by atoms with Gasteiger partial charge in [0.1, 0.15) is 11.8 Å². The van der Waals surface area contributed by atoms with Crippen LogP contribution in [-0.4, -0.2) is 37.5 Å². The number of amidine groups is 1. The predicted octanol–water partition coefficient (Wildman–Crippen LogP) is 3.33. The van der Waals surface area contributed by atoms with E-state index in [1.165, 1.54) is 28.7 Å². The van der Waals surface area contributed by atoms with E-state index in [1.54, 1.807) is 30.2 Å². The summed E-state index contributed by atoms with van der Waals surface area (Å²) in [7, 11) is 0. The van der Waals surface area contributed by atoms with Crippen molar-refractivity contribution in [3.8, 4) is 11.6 Å². The van der Waals surface area contributed by atoms with E-state index in [1.807, 2.05) is 0 Å². The summed E-state index contributed by atoms with van der Waals surface area (Å²) in [4.78, 5) is 35.4. The molecule has 2 aromatic heterocycles. The lowest BCUT2D eigenvalue weighted by Crippen LogP contribution is -2.26. The van der Waals surface area contributed by atoms with E-state index in [4.69, 9.17) is 10.2 Å². The summed E-state index contributed by atoms with van der Waals surface area (Å²) >= 11 is 2.97. The topological polar surface area (TPSA) is 120 Å². The quantitative estimate of drug-likeness (QED) is 0.759. The van der Waals surface area contributed by atoms with E-state index in [0.717, 1.165) is 24.3 Å². The van der Waals surface area contributed by atoms with E-state index in [0.29, 0.717) is 28.3 Å². The Morgan fingerprint density at radius 3 is 2.96 bits per heavy atom. The SMILES string of the molecule is Nc1nc(SCC2=NC(=O)C3C(=N2)SC2=C3CCCC2)nc(-c2ccco2)n1. The average Bonchev–Trinajstić information content (AvgIpc) is 3.33. The lowest BCUT2D eigenvalue weighted by atomic mass is 9.89. The number of carbonyl (C=O) groups is 1. The van der Waals surface area contributed by atoms with Crippen LogP contribution in [0.25, 0.3) is 11.6 Å². The number of rotatable bonds is 4. The summed E-state index contributed by atoms with van der Waals surface area (Å²) in [5.41, 5.74) is 7.04. The van der Waals surface area contributed by atoms with Crippen molar-refractivity contribution in [2.24, 2.45) is 15.9 Å². The molecule has 3 aliphatic rings. The molecule has 5 rings (SSSR count). The third-order valence-electron chi connectivity index (χ3n) is 4.71. The molecule has 142 valence electrons. The van der Waals surface area contributed by atoms with E-state index >= 15 is 0 Å². The highest BCUT2D eigenvalue weighted by Crippen LogP contribution is 2.47. The van der Waals surface area contributed by atoms with Gasteiger partial charge in [0.05, 0.1) is 17.1 Å². The second-order valence-electron chi connectivity index (χ2n) is 6.57. The van der Waals surface area contributed by atoms with Crippen LogP contribution in [0.3, 0.4) is 0 Å². The second-order valence-corrected chi connectivity index (χ2v) is 8.63. The van der Waals surface area contributed by atoms with Crippen LogP contribution < -0.4 is 5.73 Å². The molecule has 0 spiro atoms. The Kier molecular flexibility index (Phi) is 4.52. The smallest absolute Gasteiger partial charge is 0.261 e. The van der Waals surface area contributed by atoms with Gasteiger partial charge in [-0.1, -0.05) is 23.5 Å². The van der Waals surface area contributed by atoms with Gasteiger partial charge in [0.15, 0.2) is 10.9 Å². The van der Waals surface area contributed by atoms with Crippen LogP contribution >= 0.6 is 23.5 Å². The number of nitrogen functional groups attached to an aromatic ring is 1. The van der Waals surface area contributed by atoms with Crippen molar-refractivity contribution >= 4 is 46.3 Å². The zero-order valence-corrected chi connectivity index (χ0v) is 16.4. The Labute approximate surface area is 169 Å². The van der Waals surface area contributed by atoms with Gasteiger partial charge in [-0.2, -0.15) is 19.9 Å². The van der Waals surface area contributed by atoms with Crippen molar-refractivity contribution in [2.45, 2.75) is 30.8 Å². The van der Waals surface area contributed by atoms with Gasteiger partial charge in [0.2, 0.25) is 11.8 Å². The average molecular weight is 413 g/mol. The molecule has 8 nitrogen and oxygen atoms in total. The normalized spacial score (nSPS) is 21.3. The van der Waals surface area contributed by atoms with Crippen LogP contribution in [0, 0.1) is 5.92 Å². The molecule has 1 aliphatic carbocycles. The maximum absolute atomic E-state index is 12.6. The minimum atomic E-state index is -0.243. The maximum Gasteiger partial charge on any atom is 0.261 e. The molecule has 4 heterocycles. The molecule has 2 aromatic rings. The summed E-state index contributed by atoms with van der Waals surface area (Å²) in [5.74, 6) is 1.53. The molecule has 0 saturated carbocycles. The number of thioether (sulfide) groups is 2. The standard InChI is InChI=1S/C18H16N6O2S2/c19-17-22-14(10-5-3-7-26-10)23-18(24-17)27-8-12-20-15(25)13-9-4-1-2-6-11(9)28-16(13)21-12/h3,5,7,13H,1-2,4,6,8H2,(H2,19,22,23,24). The summed E-state index contributed by atoms with van der Waals surface area (Å²) in [5, 5.41) is 1.31. The second kappa shape index (κ2) is 7.17. The molecule has 0 bridgehead atoms. The number of fused-ring (bicyclic) bond motifs is 2. The molecule has 2 aliphatic heterocycles. The summed E-state index contributed by atoms with van der Waals surface area (Å²) in [6, 6.07) is 3.51. The van der Waals surface area contributed by atoms with Crippen LogP contribution in [0.1, 0.15) is 25.7 Å². The number of nitrogens with zero attached hydrogens (tertiary/aromatic N) is 5. The number of aromatic nitrogens is 3. The first-order chi connectivity index (χ1) is 13.7. The lowest BCUT2D eigenvalue weighted by Gasteiger charge is -2.18. The van der Waals surface area contributed by atoms with E-state index < -0.39 is 0 Å². The van der Waals surface area contributed by atoms with Gasteiger partial charge in [-0.3, -0.25) is 4.79 Å². The third kappa shape index (κ3) is 3.26. The molecule has 1 atom stereocenters. The molecule has 0 aromatic carbocycles. The van der Waals surface area contributed by atoms with Crippen LogP contribution in [0.2, 0.25) is 0 Å². The molecule has 2 N–H and O–H groups in total. The molecular weight excluding hydrogens is 396 g/mol. The predicted molar refractivity (Wildman–Crippen MR) is 109 cm³/mol. The van der Waals surface area contributed by atoms with Crippen molar-refractivity contribution in [1.29, 1.82) is 0 Å². The number of hydrogen-bond donors (Lipinski definition) is 1. The highest BCUT2D eigenvalue weighted by atomic mass is 32.2. The number of amides is 1. The van der Waals surface area contributed by atoms with Crippen molar-refractivity contribution in [1.82, 2.24) is 15.0 Å². The Bertz CT molecular complexity index is 1040. The summed E-state index contributed by atoms with van der Waals surface area (Å²) < 4.78 is 5.32. The highest BCUT2D eigenvalue weighted by Gasteiger charge is 2.40. The largest absolute Gasteiger partial charge is 0.461 e. The number of hydrogen-bond acceptors (Lipinski definition) is 9. The van der Waals surface area contributed by atoms with E-state index in [-0.39, 0.29) is 17.8 Å². The molecule has 0 radical (unpaired) electrons. The number of allylic oxidation sites excluding steroid dienone is 1. The van der Waals surface area contributed by atoms with Crippen LogP contribution in [-0.2, 0) is 4.79 Å². The van der Waals surface area contributed by atoms with Crippen LogP contribution in [0.5, 0.6) is 0 Å². The van der Waals surface area contributed by atoms with Crippen LogP contribution in [0.4, 0.5) is 5.95 Å². The lowest BCUT2D eigenvalue weighted by molar-refractivity contribution is -0.118. The maximum atomic E-state index is 12.6. The molecule has 28 heavy (non-hydrogen) atoms. The Morgan fingerprint density at radius 2 is 2.11 bits per heavy atom. The number of carbonyl (C=O) groups excluding carboxylic acids is 1.